The topological polar surface area (TPSA) is 26.3 Å². The van der Waals surface area contributed by atoms with Gasteiger partial charge in [0, 0.05) is 13.0 Å². The lowest BCUT2D eigenvalue weighted by molar-refractivity contribution is -0.137. The van der Waals surface area contributed by atoms with E-state index in [1.54, 1.807) is 0 Å². The van der Waals surface area contributed by atoms with E-state index >= 15 is 0 Å². The third-order valence-corrected chi connectivity index (χ3v) is 3.32. The van der Waals surface area contributed by atoms with Gasteiger partial charge >= 0.3 is 6.18 Å². The van der Waals surface area contributed by atoms with Gasteiger partial charge < -0.3 is 4.74 Å². The summed E-state index contributed by atoms with van der Waals surface area (Å²) in [6.07, 6.45) is -2.26. The standard InChI is InChI=1S/C14H16BrF3O2/c15-9-13(19)3-1-2-8-20-10-11-4-6-12(7-5-11)14(16,17)18/h4-7H,1-3,8-10H2. The van der Waals surface area contributed by atoms with Crippen LogP contribution in [0.15, 0.2) is 24.3 Å². The Labute approximate surface area is 124 Å². The maximum Gasteiger partial charge on any atom is 0.416 e. The molecule has 0 aliphatic heterocycles. The second-order valence-corrected chi connectivity index (χ2v) is 4.94. The smallest absolute Gasteiger partial charge is 0.377 e. The minimum atomic E-state index is -4.30. The van der Waals surface area contributed by atoms with Crippen LogP contribution in [0.3, 0.4) is 0 Å². The van der Waals surface area contributed by atoms with E-state index in [-0.39, 0.29) is 12.4 Å². The summed E-state index contributed by atoms with van der Waals surface area (Å²) in [5.41, 5.74) is 0.0454. The third-order valence-electron chi connectivity index (χ3n) is 2.69. The van der Waals surface area contributed by atoms with Gasteiger partial charge in [0.1, 0.15) is 5.78 Å². The highest BCUT2D eigenvalue weighted by Crippen LogP contribution is 2.29. The third kappa shape index (κ3) is 6.52. The zero-order valence-corrected chi connectivity index (χ0v) is 12.5. The molecule has 0 heterocycles. The molecule has 2 nitrogen and oxygen atoms in total. The highest BCUT2D eigenvalue weighted by atomic mass is 79.9. The molecule has 0 spiro atoms. The van der Waals surface area contributed by atoms with Crippen LogP contribution in [0.1, 0.15) is 30.4 Å². The molecule has 0 unspecified atom stereocenters. The summed E-state index contributed by atoms with van der Waals surface area (Å²) < 4.78 is 42.4. The monoisotopic (exact) mass is 352 g/mol. The second-order valence-electron chi connectivity index (χ2n) is 4.38. The van der Waals surface area contributed by atoms with Crippen molar-refractivity contribution >= 4 is 21.7 Å². The minimum Gasteiger partial charge on any atom is -0.377 e. The summed E-state index contributed by atoms with van der Waals surface area (Å²) in [6, 6.07) is 4.93. The van der Waals surface area contributed by atoms with E-state index in [2.05, 4.69) is 15.9 Å². The Hall–Kier alpha value is -0.880. The number of hydrogen-bond donors (Lipinski definition) is 0. The summed E-state index contributed by atoms with van der Waals surface area (Å²) >= 11 is 3.09. The lowest BCUT2D eigenvalue weighted by atomic mass is 10.1. The molecule has 0 atom stereocenters. The van der Waals surface area contributed by atoms with E-state index in [0.29, 0.717) is 23.9 Å². The van der Waals surface area contributed by atoms with Crippen molar-refractivity contribution in [2.75, 3.05) is 11.9 Å². The van der Waals surface area contributed by atoms with E-state index in [0.717, 1.165) is 25.0 Å². The van der Waals surface area contributed by atoms with Crippen molar-refractivity contribution in [2.24, 2.45) is 0 Å². The quantitative estimate of drug-likeness (QED) is 0.513. The normalized spacial score (nSPS) is 11.6. The first-order valence-corrected chi connectivity index (χ1v) is 7.37. The Kier molecular flexibility index (Phi) is 7.23. The molecular formula is C14H16BrF3O2. The Morgan fingerprint density at radius 1 is 1.15 bits per heavy atom. The van der Waals surface area contributed by atoms with E-state index in [1.807, 2.05) is 0 Å². The fourth-order valence-electron chi connectivity index (χ4n) is 1.57. The number of Topliss-reactive ketones (excluding diaryl/α,β-unsaturated/α-hetero) is 1. The molecule has 112 valence electrons. The summed E-state index contributed by atoms with van der Waals surface area (Å²) in [7, 11) is 0. The Morgan fingerprint density at radius 2 is 1.80 bits per heavy atom. The highest BCUT2D eigenvalue weighted by Gasteiger charge is 2.29. The van der Waals surface area contributed by atoms with Crippen molar-refractivity contribution in [2.45, 2.75) is 32.0 Å². The average molecular weight is 353 g/mol. The van der Waals surface area contributed by atoms with Gasteiger partial charge in [-0.25, -0.2) is 0 Å². The first-order valence-electron chi connectivity index (χ1n) is 6.25. The molecule has 6 heteroatoms. The molecule has 0 fully saturated rings. The summed E-state index contributed by atoms with van der Waals surface area (Å²) in [5, 5.41) is 0.374. The molecule has 0 aromatic heterocycles. The number of halogens is 4. The molecule has 0 bridgehead atoms. The molecule has 1 aromatic rings. The Morgan fingerprint density at radius 3 is 2.35 bits per heavy atom. The van der Waals surface area contributed by atoms with Crippen LogP contribution in [0.4, 0.5) is 13.2 Å². The first-order chi connectivity index (χ1) is 9.43. The molecule has 0 saturated heterocycles. The van der Waals surface area contributed by atoms with Gasteiger partial charge in [0.2, 0.25) is 0 Å². The second kappa shape index (κ2) is 8.42. The number of carbonyl (C=O) groups excluding carboxylic acids is 1. The summed E-state index contributed by atoms with van der Waals surface area (Å²) in [5.74, 6) is 0.160. The van der Waals surface area contributed by atoms with Crippen LogP contribution in [0, 0.1) is 0 Å². The summed E-state index contributed by atoms with van der Waals surface area (Å²) in [4.78, 5) is 11.0. The van der Waals surface area contributed by atoms with Gasteiger partial charge in [0.15, 0.2) is 0 Å². The lowest BCUT2D eigenvalue weighted by Gasteiger charge is -2.08. The summed E-state index contributed by atoms with van der Waals surface area (Å²) in [6.45, 7) is 0.779. The van der Waals surface area contributed by atoms with Crippen LogP contribution in [-0.4, -0.2) is 17.7 Å². The fourth-order valence-corrected chi connectivity index (χ4v) is 1.85. The number of unbranched alkanes of at least 4 members (excludes halogenated alkanes) is 1. The zero-order chi connectivity index (χ0) is 15.0. The van der Waals surface area contributed by atoms with Crippen molar-refractivity contribution in [1.82, 2.24) is 0 Å². The van der Waals surface area contributed by atoms with Crippen LogP contribution >= 0.6 is 15.9 Å². The van der Waals surface area contributed by atoms with Crippen LogP contribution in [-0.2, 0) is 22.3 Å². The van der Waals surface area contributed by atoms with E-state index in [9.17, 15) is 18.0 Å². The van der Waals surface area contributed by atoms with Crippen molar-refractivity contribution < 1.29 is 22.7 Å². The molecule has 0 saturated carbocycles. The van der Waals surface area contributed by atoms with E-state index in [1.165, 1.54) is 12.1 Å². The van der Waals surface area contributed by atoms with Gasteiger partial charge in [0.25, 0.3) is 0 Å². The van der Waals surface area contributed by atoms with Crippen LogP contribution < -0.4 is 0 Å². The first kappa shape index (κ1) is 17.2. The molecule has 0 aliphatic rings. The predicted molar refractivity (Wildman–Crippen MR) is 73.8 cm³/mol. The van der Waals surface area contributed by atoms with E-state index < -0.39 is 11.7 Å². The van der Waals surface area contributed by atoms with Gasteiger partial charge in [-0.05, 0) is 30.5 Å². The Bertz CT molecular complexity index is 415. The molecule has 0 radical (unpaired) electrons. The van der Waals surface area contributed by atoms with Crippen LogP contribution in [0.25, 0.3) is 0 Å². The van der Waals surface area contributed by atoms with Crippen molar-refractivity contribution in [1.29, 1.82) is 0 Å². The van der Waals surface area contributed by atoms with Gasteiger partial charge in [-0.15, -0.1) is 0 Å². The maximum absolute atomic E-state index is 12.3. The lowest BCUT2D eigenvalue weighted by Crippen LogP contribution is -2.05. The average Bonchev–Trinajstić information content (AvgIpc) is 2.41. The van der Waals surface area contributed by atoms with Crippen LogP contribution in [0.2, 0.25) is 0 Å². The largest absolute Gasteiger partial charge is 0.416 e. The number of rotatable bonds is 8. The number of benzene rings is 1. The van der Waals surface area contributed by atoms with Gasteiger partial charge in [-0.2, -0.15) is 13.2 Å². The molecule has 0 amide bonds. The van der Waals surface area contributed by atoms with E-state index in [4.69, 9.17) is 4.74 Å². The molecule has 20 heavy (non-hydrogen) atoms. The number of ether oxygens (including phenoxy) is 1. The van der Waals surface area contributed by atoms with Gasteiger partial charge in [-0.3, -0.25) is 4.79 Å². The minimum absolute atomic E-state index is 0.160. The number of carbonyl (C=O) groups is 1. The highest BCUT2D eigenvalue weighted by molar-refractivity contribution is 9.09. The fraction of sp³-hybridized carbons (Fsp3) is 0.500. The van der Waals surface area contributed by atoms with Crippen molar-refractivity contribution in [3.8, 4) is 0 Å². The molecule has 0 aliphatic carbocycles. The zero-order valence-electron chi connectivity index (χ0n) is 10.9. The number of hydrogen-bond acceptors (Lipinski definition) is 2. The van der Waals surface area contributed by atoms with Crippen molar-refractivity contribution in [3.63, 3.8) is 0 Å². The molecule has 0 N–H and O–H groups in total. The van der Waals surface area contributed by atoms with Crippen LogP contribution in [0.5, 0.6) is 0 Å². The number of alkyl halides is 4. The molecule has 1 rings (SSSR count). The van der Waals surface area contributed by atoms with Crippen molar-refractivity contribution in [3.05, 3.63) is 35.4 Å². The SMILES string of the molecule is O=C(CBr)CCCCOCc1ccc(C(F)(F)F)cc1. The van der Waals surface area contributed by atoms with Gasteiger partial charge in [-0.1, -0.05) is 28.1 Å². The molecule has 1 aromatic carbocycles. The number of ketones is 1. The maximum atomic E-state index is 12.3. The molecular weight excluding hydrogens is 337 g/mol. The predicted octanol–water partition coefficient (Wildman–Crippen LogP) is 4.36. The Balaban J connectivity index is 2.21. The van der Waals surface area contributed by atoms with Gasteiger partial charge in [0.05, 0.1) is 17.5 Å².